The van der Waals surface area contributed by atoms with Crippen LogP contribution < -0.4 is 0 Å². The van der Waals surface area contributed by atoms with E-state index in [1.165, 1.54) is 25.7 Å². The summed E-state index contributed by atoms with van der Waals surface area (Å²) in [6.45, 7) is 3.71. The summed E-state index contributed by atoms with van der Waals surface area (Å²) in [6.07, 6.45) is 21.7. The zero-order chi connectivity index (χ0) is 23.9. The molecule has 5 heteroatoms. The molecule has 0 fully saturated rings. The Morgan fingerprint density at radius 1 is 0.750 bits per heavy atom. The van der Waals surface area contributed by atoms with Crippen LogP contribution in [-0.2, 0) is 14.3 Å². The Kier molecular flexibility index (Phi) is 21.7. The first-order valence-corrected chi connectivity index (χ1v) is 12.9. The topological polar surface area (TPSA) is 83.8 Å². The molecule has 2 unspecified atom stereocenters. The van der Waals surface area contributed by atoms with Crippen LogP contribution in [0.2, 0.25) is 0 Å². The number of carbonyl (C=O) groups excluding carboxylic acids is 2. The summed E-state index contributed by atoms with van der Waals surface area (Å²) in [5, 5.41) is 19.4. The number of esters is 1. The van der Waals surface area contributed by atoms with Crippen molar-refractivity contribution in [3.63, 3.8) is 0 Å². The number of ether oxygens (including phenoxy) is 1. The monoisotopic (exact) mass is 452 g/mol. The third-order valence-electron chi connectivity index (χ3n) is 5.50. The lowest BCUT2D eigenvalue weighted by atomic mass is 10.0. The molecule has 186 valence electrons. The van der Waals surface area contributed by atoms with E-state index < -0.39 is 24.8 Å². The van der Waals surface area contributed by atoms with Crippen LogP contribution in [0.5, 0.6) is 0 Å². The van der Waals surface area contributed by atoms with E-state index in [9.17, 15) is 19.8 Å². The van der Waals surface area contributed by atoms with E-state index in [0.29, 0.717) is 6.42 Å². The standard InChI is InChI=1S/C27H48O5/c1-3-5-7-8-9-10-11-12-13-14-15-16-17-18-20-22-26(30)32-25(23-28)27(31)24(29)21-19-6-4-2/h9-10,12-13,25,27-28,31H,3-8,11,14-23H2,1-2H3/b10-9-,13-12-. The molecule has 0 saturated heterocycles. The van der Waals surface area contributed by atoms with Gasteiger partial charge >= 0.3 is 5.97 Å². The Morgan fingerprint density at radius 2 is 1.28 bits per heavy atom. The van der Waals surface area contributed by atoms with Crippen molar-refractivity contribution in [2.45, 2.75) is 129 Å². The van der Waals surface area contributed by atoms with Gasteiger partial charge in [0.05, 0.1) is 6.61 Å². The molecule has 0 bridgehead atoms. The first-order chi connectivity index (χ1) is 15.6. The molecule has 0 heterocycles. The summed E-state index contributed by atoms with van der Waals surface area (Å²) >= 11 is 0. The van der Waals surface area contributed by atoms with Gasteiger partial charge in [-0.25, -0.2) is 0 Å². The van der Waals surface area contributed by atoms with Gasteiger partial charge in [-0.1, -0.05) is 83.1 Å². The van der Waals surface area contributed by atoms with Crippen LogP contribution in [0.1, 0.15) is 117 Å². The van der Waals surface area contributed by atoms with Gasteiger partial charge in [0.25, 0.3) is 0 Å². The van der Waals surface area contributed by atoms with Gasteiger partial charge in [0.2, 0.25) is 0 Å². The third kappa shape index (κ3) is 18.1. The maximum atomic E-state index is 12.0. The molecule has 0 aliphatic rings. The second-order valence-corrected chi connectivity index (χ2v) is 8.56. The molecular weight excluding hydrogens is 404 g/mol. The van der Waals surface area contributed by atoms with E-state index in [2.05, 4.69) is 31.2 Å². The van der Waals surface area contributed by atoms with E-state index in [1.54, 1.807) is 0 Å². The minimum atomic E-state index is -1.44. The summed E-state index contributed by atoms with van der Waals surface area (Å²) in [4.78, 5) is 23.9. The van der Waals surface area contributed by atoms with Crippen molar-refractivity contribution in [2.75, 3.05) is 6.61 Å². The lowest BCUT2D eigenvalue weighted by Gasteiger charge is -2.20. The van der Waals surface area contributed by atoms with E-state index >= 15 is 0 Å². The Labute approximate surface area is 196 Å². The highest BCUT2D eigenvalue weighted by molar-refractivity contribution is 5.83. The molecule has 0 aromatic heterocycles. The molecule has 0 aromatic carbocycles. The number of aliphatic hydroxyl groups is 2. The van der Waals surface area contributed by atoms with Crippen LogP contribution in [0.3, 0.4) is 0 Å². The highest BCUT2D eigenvalue weighted by Crippen LogP contribution is 2.12. The number of hydrogen-bond acceptors (Lipinski definition) is 5. The van der Waals surface area contributed by atoms with Crippen LogP contribution in [0, 0.1) is 0 Å². The molecule has 0 radical (unpaired) electrons. The molecule has 32 heavy (non-hydrogen) atoms. The molecule has 2 atom stereocenters. The number of carbonyl (C=O) groups is 2. The van der Waals surface area contributed by atoms with Crippen molar-refractivity contribution in [1.82, 2.24) is 0 Å². The lowest BCUT2D eigenvalue weighted by molar-refractivity contribution is -0.161. The van der Waals surface area contributed by atoms with Gasteiger partial charge in [0, 0.05) is 12.8 Å². The molecular formula is C27H48O5. The fourth-order valence-corrected chi connectivity index (χ4v) is 3.41. The number of allylic oxidation sites excluding steroid dienone is 4. The number of unbranched alkanes of at least 4 members (excludes halogenated alkanes) is 10. The minimum absolute atomic E-state index is 0.244. The largest absolute Gasteiger partial charge is 0.457 e. The smallest absolute Gasteiger partial charge is 0.306 e. The normalized spacial score (nSPS) is 13.6. The molecule has 0 rings (SSSR count). The summed E-state index contributed by atoms with van der Waals surface area (Å²) in [5.74, 6) is -0.836. The van der Waals surface area contributed by atoms with E-state index in [1.807, 2.05) is 6.92 Å². The van der Waals surface area contributed by atoms with E-state index in [4.69, 9.17) is 4.74 Å². The van der Waals surface area contributed by atoms with Gasteiger partial charge in [0.15, 0.2) is 18.0 Å². The second kappa shape index (κ2) is 22.7. The fourth-order valence-electron chi connectivity index (χ4n) is 3.41. The van der Waals surface area contributed by atoms with Gasteiger partial charge in [-0.3, -0.25) is 9.59 Å². The first-order valence-electron chi connectivity index (χ1n) is 12.9. The lowest BCUT2D eigenvalue weighted by Crippen LogP contribution is -2.40. The fraction of sp³-hybridized carbons (Fsp3) is 0.778. The highest BCUT2D eigenvalue weighted by Gasteiger charge is 2.28. The van der Waals surface area contributed by atoms with Gasteiger partial charge in [-0.2, -0.15) is 0 Å². The predicted molar refractivity (Wildman–Crippen MR) is 131 cm³/mol. The number of Topliss-reactive ketones (excluding diaryl/α,β-unsaturated/α-hetero) is 1. The summed E-state index contributed by atoms with van der Waals surface area (Å²) < 4.78 is 5.13. The maximum absolute atomic E-state index is 12.0. The van der Waals surface area contributed by atoms with Crippen LogP contribution in [0.15, 0.2) is 24.3 Å². The van der Waals surface area contributed by atoms with Crippen molar-refractivity contribution >= 4 is 11.8 Å². The van der Waals surface area contributed by atoms with E-state index in [0.717, 1.165) is 57.8 Å². The van der Waals surface area contributed by atoms with Crippen molar-refractivity contribution < 1.29 is 24.5 Å². The van der Waals surface area contributed by atoms with E-state index in [-0.39, 0.29) is 18.6 Å². The van der Waals surface area contributed by atoms with Crippen LogP contribution in [-0.4, -0.2) is 40.8 Å². The quantitative estimate of drug-likeness (QED) is 0.116. The van der Waals surface area contributed by atoms with Crippen molar-refractivity contribution in [3.05, 3.63) is 24.3 Å². The molecule has 0 aromatic rings. The highest BCUT2D eigenvalue weighted by atomic mass is 16.6. The van der Waals surface area contributed by atoms with Gasteiger partial charge in [-0.05, 0) is 44.9 Å². The molecule has 0 amide bonds. The van der Waals surface area contributed by atoms with Gasteiger partial charge in [-0.15, -0.1) is 0 Å². The average Bonchev–Trinajstić information content (AvgIpc) is 2.79. The Balaban J connectivity index is 3.74. The second-order valence-electron chi connectivity index (χ2n) is 8.56. The summed E-state index contributed by atoms with van der Waals surface area (Å²) in [7, 11) is 0. The van der Waals surface area contributed by atoms with Crippen LogP contribution in [0.25, 0.3) is 0 Å². The molecule has 0 aliphatic heterocycles. The van der Waals surface area contributed by atoms with Crippen molar-refractivity contribution in [1.29, 1.82) is 0 Å². The van der Waals surface area contributed by atoms with Crippen molar-refractivity contribution in [3.8, 4) is 0 Å². The molecule has 2 N–H and O–H groups in total. The molecule has 0 aliphatic carbocycles. The number of aliphatic hydroxyl groups excluding tert-OH is 2. The Hall–Kier alpha value is -1.46. The molecule has 0 spiro atoms. The van der Waals surface area contributed by atoms with Crippen LogP contribution >= 0.6 is 0 Å². The number of hydrogen-bond donors (Lipinski definition) is 2. The summed E-state index contributed by atoms with van der Waals surface area (Å²) in [5.41, 5.74) is 0. The first kappa shape index (κ1) is 30.5. The zero-order valence-electron chi connectivity index (χ0n) is 20.6. The Bertz CT molecular complexity index is 512. The molecule has 5 nitrogen and oxygen atoms in total. The number of rotatable bonds is 22. The minimum Gasteiger partial charge on any atom is -0.457 e. The SMILES string of the molecule is CCCCC/C=C\C/C=C\CCCCCCCC(=O)OC(CO)C(O)C(=O)CCCCC. The van der Waals surface area contributed by atoms with Crippen molar-refractivity contribution in [2.24, 2.45) is 0 Å². The average molecular weight is 453 g/mol. The predicted octanol–water partition coefficient (Wildman–Crippen LogP) is 6.21. The van der Waals surface area contributed by atoms with Crippen LogP contribution in [0.4, 0.5) is 0 Å². The third-order valence-corrected chi connectivity index (χ3v) is 5.50. The van der Waals surface area contributed by atoms with Gasteiger partial charge in [0.1, 0.15) is 0 Å². The zero-order valence-corrected chi connectivity index (χ0v) is 20.6. The van der Waals surface area contributed by atoms with Gasteiger partial charge < -0.3 is 14.9 Å². The summed E-state index contributed by atoms with van der Waals surface area (Å²) in [6, 6.07) is 0. The Morgan fingerprint density at radius 3 is 1.91 bits per heavy atom. The maximum Gasteiger partial charge on any atom is 0.306 e. The molecule has 0 saturated carbocycles. The number of ketones is 1.